The molecular formula is C16H22N4O2. The Hall–Kier alpha value is -1.79. The average molecular weight is 302 g/mol. The average Bonchev–Trinajstić information content (AvgIpc) is 3.30. The Morgan fingerprint density at radius 3 is 3.05 bits per heavy atom. The Bertz CT molecular complexity index is 581. The topological polar surface area (TPSA) is 66.3 Å². The number of ether oxygens (including phenoxy) is 1. The van der Waals surface area contributed by atoms with Crippen LogP contribution in [0.2, 0.25) is 0 Å². The zero-order valence-corrected chi connectivity index (χ0v) is 13.1. The van der Waals surface area contributed by atoms with Gasteiger partial charge in [0.05, 0.1) is 12.7 Å². The standard InChI is InChI=1S/C16H22N4O2/c1-16(18-19-16)6-8-20-9-7-17-11-14(20)12-4-3-5-13(10-12)15(21)22-2/h3-5,10,14,17H,6-9,11H2,1-2H3. The first-order valence-corrected chi connectivity index (χ1v) is 7.68. The molecule has 1 unspecified atom stereocenters. The van der Waals surface area contributed by atoms with E-state index in [2.05, 4.69) is 33.4 Å². The van der Waals surface area contributed by atoms with E-state index in [9.17, 15) is 4.79 Å². The number of nitrogens with zero attached hydrogens (tertiary/aromatic N) is 3. The first kappa shape index (κ1) is 15.1. The second-order valence-electron chi connectivity index (χ2n) is 6.04. The number of methoxy groups -OCH3 is 1. The molecule has 2 aliphatic rings. The largest absolute Gasteiger partial charge is 0.465 e. The second-order valence-corrected chi connectivity index (χ2v) is 6.04. The summed E-state index contributed by atoms with van der Waals surface area (Å²) in [6.07, 6.45) is 0.945. The molecule has 1 fully saturated rings. The molecule has 1 atom stereocenters. The molecule has 22 heavy (non-hydrogen) atoms. The molecule has 118 valence electrons. The van der Waals surface area contributed by atoms with Crippen LogP contribution in [0.25, 0.3) is 0 Å². The summed E-state index contributed by atoms with van der Waals surface area (Å²) in [6.45, 7) is 5.87. The van der Waals surface area contributed by atoms with Crippen LogP contribution in [-0.4, -0.2) is 49.8 Å². The number of carbonyl (C=O) groups excluding carboxylic acids is 1. The number of piperazine rings is 1. The molecule has 6 heteroatoms. The van der Waals surface area contributed by atoms with Crippen molar-refractivity contribution in [3.8, 4) is 0 Å². The van der Waals surface area contributed by atoms with Crippen LogP contribution in [-0.2, 0) is 4.74 Å². The fourth-order valence-corrected chi connectivity index (χ4v) is 2.87. The van der Waals surface area contributed by atoms with Crippen LogP contribution in [0.4, 0.5) is 0 Å². The molecule has 3 rings (SSSR count). The lowest BCUT2D eigenvalue weighted by Crippen LogP contribution is -2.46. The lowest BCUT2D eigenvalue weighted by Gasteiger charge is -2.36. The number of esters is 1. The summed E-state index contributed by atoms with van der Waals surface area (Å²) in [7, 11) is 1.41. The van der Waals surface area contributed by atoms with Crippen molar-refractivity contribution in [3.63, 3.8) is 0 Å². The van der Waals surface area contributed by atoms with E-state index in [0.717, 1.165) is 38.2 Å². The number of nitrogens with one attached hydrogen (secondary N) is 1. The van der Waals surface area contributed by atoms with Gasteiger partial charge in [0, 0.05) is 38.6 Å². The molecular weight excluding hydrogens is 280 g/mol. The van der Waals surface area contributed by atoms with Crippen molar-refractivity contribution in [1.82, 2.24) is 10.2 Å². The summed E-state index contributed by atoms with van der Waals surface area (Å²) in [4.78, 5) is 14.2. The second kappa shape index (κ2) is 6.14. The Morgan fingerprint density at radius 2 is 2.32 bits per heavy atom. The summed E-state index contributed by atoms with van der Waals surface area (Å²) in [5, 5.41) is 11.6. The number of hydrogen-bond acceptors (Lipinski definition) is 6. The highest BCUT2D eigenvalue weighted by Crippen LogP contribution is 2.32. The lowest BCUT2D eigenvalue weighted by atomic mass is 10.00. The van der Waals surface area contributed by atoms with Gasteiger partial charge in [-0.3, -0.25) is 4.90 Å². The van der Waals surface area contributed by atoms with Gasteiger partial charge in [-0.2, -0.15) is 10.2 Å². The summed E-state index contributed by atoms with van der Waals surface area (Å²) in [6, 6.07) is 7.98. The van der Waals surface area contributed by atoms with Crippen molar-refractivity contribution in [2.45, 2.75) is 25.0 Å². The minimum Gasteiger partial charge on any atom is -0.465 e. The highest BCUT2D eigenvalue weighted by atomic mass is 16.5. The van der Waals surface area contributed by atoms with Crippen LogP contribution in [0.15, 0.2) is 34.5 Å². The number of hydrogen-bond donors (Lipinski definition) is 1. The van der Waals surface area contributed by atoms with Gasteiger partial charge in [0.2, 0.25) is 0 Å². The zero-order valence-electron chi connectivity index (χ0n) is 13.1. The van der Waals surface area contributed by atoms with E-state index in [1.165, 1.54) is 7.11 Å². The molecule has 1 saturated heterocycles. The molecule has 1 aromatic rings. The molecule has 6 nitrogen and oxygen atoms in total. The minimum atomic E-state index is -0.291. The first-order chi connectivity index (χ1) is 10.6. The van der Waals surface area contributed by atoms with E-state index in [0.29, 0.717) is 5.56 Å². The third-order valence-electron chi connectivity index (χ3n) is 4.36. The maximum atomic E-state index is 11.7. The van der Waals surface area contributed by atoms with Crippen LogP contribution in [0.1, 0.15) is 35.3 Å². The molecule has 0 saturated carbocycles. The van der Waals surface area contributed by atoms with Crippen molar-refractivity contribution >= 4 is 5.97 Å². The zero-order chi connectivity index (χ0) is 15.6. The van der Waals surface area contributed by atoms with Crippen molar-refractivity contribution in [2.75, 3.05) is 33.3 Å². The van der Waals surface area contributed by atoms with E-state index in [-0.39, 0.29) is 17.7 Å². The van der Waals surface area contributed by atoms with E-state index < -0.39 is 0 Å². The first-order valence-electron chi connectivity index (χ1n) is 7.68. The van der Waals surface area contributed by atoms with E-state index in [1.807, 2.05) is 12.1 Å². The molecule has 0 bridgehead atoms. The summed E-state index contributed by atoms with van der Waals surface area (Å²) >= 11 is 0. The van der Waals surface area contributed by atoms with Gasteiger partial charge >= 0.3 is 5.97 Å². The van der Waals surface area contributed by atoms with Crippen LogP contribution in [0, 0.1) is 0 Å². The van der Waals surface area contributed by atoms with Gasteiger partial charge in [-0.15, -0.1) is 0 Å². The molecule has 1 aromatic carbocycles. The molecule has 2 heterocycles. The third kappa shape index (κ3) is 3.34. The van der Waals surface area contributed by atoms with E-state index in [1.54, 1.807) is 6.07 Å². The fourth-order valence-electron chi connectivity index (χ4n) is 2.87. The highest BCUT2D eigenvalue weighted by molar-refractivity contribution is 5.89. The van der Waals surface area contributed by atoms with Gasteiger partial charge in [-0.25, -0.2) is 4.79 Å². The van der Waals surface area contributed by atoms with Gasteiger partial charge in [-0.1, -0.05) is 12.1 Å². The van der Waals surface area contributed by atoms with Crippen LogP contribution < -0.4 is 5.32 Å². The van der Waals surface area contributed by atoms with Crippen molar-refractivity contribution in [1.29, 1.82) is 0 Å². The SMILES string of the molecule is COC(=O)c1cccc(C2CNCCN2CCC2(C)N=N2)c1. The number of carbonyl (C=O) groups is 1. The Balaban J connectivity index is 1.73. The fraction of sp³-hybridized carbons (Fsp3) is 0.562. The minimum absolute atomic E-state index is 0.163. The van der Waals surface area contributed by atoms with Crippen LogP contribution >= 0.6 is 0 Å². The normalized spacial score (nSPS) is 23.3. The van der Waals surface area contributed by atoms with Crippen molar-refractivity contribution in [3.05, 3.63) is 35.4 Å². The molecule has 2 aliphatic heterocycles. The van der Waals surface area contributed by atoms with Gasteiger partial charge in [0.25, 0.3) is 0 Å². The predicted octanol–water partition coefficient (Wildman–Crippen LogP) is 1.99. The van der Waals surface area contributed by atoms with Gasteiger partial charge in [0.15, 0.2) is 5.66 Å². The van der Waals surface area contributed by atoms with E-state index >= 15 is 0 Å². The Labute approximate surface area is 130 Å². The molecule has 0 radical (unpaired) electrons. The van der Waals surface area contributed by atoms with E-state index in [4.69, 9.17) is 4.74 Å². The van der Waals surface area contributed by atoms with Crippen molar-refractivity contribution < 1.29 is 9.53 Å². The summed E-state index contributed by atoms with van der Waals surface area (Å²) < 4.78 is 4.81. The molecule has 0 aliphatic carbocycles. The molecule has 0 aromatic heterocycles. The van der Waals surface area contributed by atoms with Gasteiger partial charge in [0.1, 0.15) is 0 Å². The molecule has 1 N–H and O–H groups in total. The van der Waals surface area contributed by atoms with Gasteiger partial charge < -0.3 is 10.1 Å². The smallest absolute Gasteiger partial charge is 0.337 e. The lowest BCUT2D eigenvalue weighted by molar-refractivity contribution is 0.0600. The predicted molar refractivity (Wildman–Crippen MR) is 82.8 cm³/mol. The highest BCUT2D eigenvalue weighted by Gasteiger charge is 2.35. The maximum absolute atomic E-state index is 11.7. The molecule has 0 spiro atoms. The number of rotatable bonds is 5. The summed E-state index contributed by atoms with van der Waals surface area (Å²) in [5.41, 5.74) is 1.58. The quantitative estimate of drug-likeness (QED) is 0.845. The van der Waals surface area contributed by atoms with Crippen LogP contribution in [0.5, 0.6) is 0 Å². The monoisotopic (exact) mass is 302 g/mol. The molecule has 0 amide bonds. The third-order valence-corrected chi connectivity index (χ3v) is 4.36. The number of benzene rings is 1. The Morgan fingerprint density at radius 1 is 1.50 bits per heavy atom. The Kier molecular flexibility index (Phi) is 4.22. The van der Waals surface area contributed by atoms with Crippen molar-refractivity contribution in [2.24, 2.45) is 10.2 Å². The van der Waals surface area contributed by atoms with Crippen LogP contribution in [0.3, 0.4) is 0 Å². The summed E-state index contributed by atoms with van der Waals surface area (Å²) in [5.74, 6) is -0.291. The maximum Gasteiger partial charge on any atom is 0.337 e. The van der Waals surface area contributed by atoms with Gasteiger partial charge in [-0.05, 0) is 24.6 Å².